The minimum Gasteiger partial charge on any atom is -0.508 e. The number of phenols is 1. The zero-order chi connectivity index (χ0) is 13.2. The molecule has 96 valence electrons. The van der Waals surface area contributed by atoms with Crippen LogP contribution < -0.4 is 4.74 Å². The van der Waals surface area contributed by atoms with E-state index in [2.05, 4.69) is 11.1 Å². The van der Waals surface area contributed by atoms with Gasteiger partial charge >= 0.3 is 0 Å². The summed E-state index contributed by atoms with van der Waals surface area (Å²) in [6, 6.07) is 13.4. The largest absolute Gasteiger partial charge is 0.508 e. The average Bonchev–Trinajstić information content (AvgIpc) is 2.81. The number of benzene rings is 2. The van der Waals surface area contributed by atoms with Gasteiger partial charge in [0.05, 0.1) is 7.11 Å². The lowest BCUT2D eigenvalue weighted by molar-refractivity contribution is 0.414. The van der Waals surface area contributed by atoms with Crippen molar-refractivity contribution in [2.45, 2.75) is 6.42 Å². The smallest absolute Gasteiger partial charge is 0.119 e. The number of aromatic nitrogens is 1. The molecule has 3 aromatic rings. The molecule has 0 spiro atoms. The molecule has 19 heavy (non-hydrogen) atoms. The molecule has 3 nitrogen and oxygen atoms in total. The second-order valence-corrected chi connectivity index (χ2v) is 4.57. The summed E-state index contributed by atoms with van der Waals surface area (Å²) in [4.78, 5) is 3.22. The van der Waals surface area contributed by atoms with Crippen LogP contribution in [0.4, 0.5) is 0 Å². The molecule has 0 aliphatic carbocycles. The zero-order valence-electron chi connectivity index (χ0n) is 10.7. The van der Waals surface area contributed by atoms with Gasteiger partial charge in [-0.25, -0.2) is 0 Å². The molecular weight excluding hydrogens is 238 g/mol. The molecule has 1 heterocycles. The van der Waals surface area contributed by atoms with Crippen molar-refractivity contribution in [2.24, 2.45) is 0 Å². The number of H-pyrrole nitrogens is 1. The first-order chi connectivity index (χ1) is 9.26. The van der Waals surface area contributed by atoms with Crippen LogP contribution in [0.25, 0.3) is 10.9 Å². The van der Waals surface area contributed by atoms with E-state index >= 15 is 0 Å². The van der Waals surface area contributed by atoms with Crippen molar-refractivity contribution < 1.29 is 9.84 Å². The molecule has 0 atom stereocenters. The summed E-state index contributed by atoms with van der Waals surface area (Å²) >= 11 is 0. The monoisotopic (exact) mass is 253 g/mol. The number of methoxy groups -OCH3 is 1. The predicted molar refractivity (Wildman–Crippen MR) is 75.8 cm³/mol. The summed E-state index contributed by atoms with van der Waals surface area (Å²) in [5, 5.41) is 10.6. The Labute approximate surface area is 111 Å². The Morgan fingerprint density at radius 3 is 2.89 bits per heavy atom. The quantitative estimate of drug-likeness (QED) is 0.750. The van der Waals surface area contributed by atoms with Gasteiger partial charge in [0, 0.05) is 17.1 Å². The van der Waals surface area contributed by atoms with E-state index in [9.17, 15) is 5.11 Å². The van der Waals surface area contributed by atoms with Crippen molar-refractivity contribution in [3.8, 4) is 11.5 Å². The van der Waals surface area contributed by atoms with Crippen molar-refractivity contribution >= 4 is 10.9 Å². The van der Waals surface area contributed by atoms with Gasteiger partial charge in [-0.05, 0) is 47.9 Å². The third kappa shape index (κ3) is 2.27. The lowest BCUT2D eigenvalue weighted by Gasteiger charge is -2.04. The number of nitrogens with one attached hydrogen (secondary N) is 1. The highest BCUT2D eigenvalue weighted by atomic mass is 16.5. The van der Waals surface area contributed by atoms with Crippen LogP contribution in [0.15, 0.2) is 48.7 Å². The van der Waals surface area contributed by atoms with Gasteiger partial charge in [0.25, 0.3) is 0 Å². The van der Waals surface area contributed by atoms with Gasteiger partial charge in [-0.3, -0.25) is 0 Å². The van der Waals surface area contributed by atoms with Crippen LogP contribution in [0.1, 0.15) is 11.1 Å². The molecule has 0 saturated carbocycles. The normalized spacial score (nSPS) is 10.8. The Kier molecular flexibility index (Phi) is 2.88. The Bertz CT molecular complexity index is 716. The summed E-state index contributed by atoms with van der Waals surface area (Å²) in [6.07, 6.45) is 2.80. The van der Waals surface area contributed by atoms with E-state index in [4.69, 9.17) is 4.74 Å². The van der Waals surface area contributed by atoms with Crippen molar-refractivity contribution in [1.82, 2.24) is 4.98 Å². The predicted octanol–water partition coefficient (Wildman–Crippen LogP) is 3.47. The Hall–Kier alpha value is -2.42. The first-order valence-corrected chi connectivity index (χ1v) is 6.18. The van der Waals surface area contributed by atoms with E-state index in [1.165, 1.54) is 11.1 Å². The molecular formula is C16H15NO2. The lowest BCUT2D eigenvalue weighted by atomic mass is 10.0. The van der Waals surface area contributed by atoms with Crippen molar-refractivity contribution in [3.05, 3.63) is 59.8 Å². The first-order valence-electron chi connectivity index (χ1n) is 6.18. The molecule has 0 unspecified atom stereocenters. The highest BCUT2D eigenvalue weighted by Crippen LogP contribution is 2.25. The number of phenolic OH excluding ortho intramolecular Hbond substituents is 1. The molecule has 3 rings (SSSR count). The van der Waals surface area contributed by atoms with Gasteiger partial charge in [0.1, 0.15) is 11.5 Å². The topological polar surface area (TPSA) is 45.2 Å². The van der Waals surface area contributed by atoms with E-state index in [0.29, 0.717) is 5.75 Å². The Balaban J connectivity index is 1.98. The fraction of sp³-hybridized carbons (Fsp3) is 0.125. The number of fused-ring (bicyclic) bond motifs is 1. The molecule has 0 aliphatic heterocycles. The molecule has 0 fully saturated rings. The van der Waals surface area contributed by atoms with Crippen LogP contribution in [0, 0.1) is 0 Å². The van der Waals surface area contributed by atoms with E-state index in [-0.39, 0.29) is 0 Å². The molecule has 0 amide bonds. The molecule has 2 N–H and O–H groups in total. The van der Waals surface area contributed by atoms with Gasteiger partial charge < -0.3 is 14.8 Å². The minimum atomic E-state index is 0.291. The maximum absolute atomic E-state index is 9.59. The fourth-order valence-electron chi connectivity index (χ4n) is 2.31. The van der Waals surface area contributed by atoms with Crippen LogP contribution in [0.2, 0.25) is 0 Å². The standard InChI is InChI=1S/C16H15NO2/c1-19-14-4-2-3-11(8-14)7-12-10-17-16-6-5-13(18)9-15(12)16/h2-6,8-10,17-18H,7H2,1H3. The number of aromatic hydroxyl groups is 1. The van der Waals surface area contributed by atoms with E-state index < -0.39 is 0 Å². The first kappa shape index (κ1) is 11.7. The van der Waals surface area contributed by atoms with Gasteiger partial charge in [0.2, 0.25) is 0 Å². The summed E-state index contributed by atoms with van der Waals surface area (Å²) in [5.74, 6) is 1.15. The molecule has 2 aromatic carbocycles. The second-order valence-electron chi connectivity index (χ2n) is 4.57. The minimum absolute atomic E-state index is 0.291. The van der Waals surface area contributed by atoms with E-state index in [1.807, 2.05) is 30.5 Å². The SMILES string of the molecule is COc1cccc(Cc2c[nH]c3ccc(O)cc23)c1. The van der Waals surface area contributed by atoms with Crippen molar-refractivity contribution in [2.75, 3.05) is 7.11 Å². The Morgan fingerprint density at radius 2 is 2.05 bits per heavy atom. The highest BCUT2D eigenvalue weighted by Gasteiger charge is 2.06. The zero-order valence-corrected chi connectivity index (χ0v) is 10.7. The van der Waals surface area contributed by atoms with E-state index in [1.54, 1.807) is 19.2 Å². The van der Waals surface area contributed by atoms with Gasteiger partial charge in [-0.1, -0.05) is 12.1 Å². The van der Waals surface area contributed by atoms with Crippen LogP contribution in [0.3, 0.4) is 0 Å². The maximum Gasteiger partial charge on any atom is 0.119 e. The van der Waals surface area contributed by atoms with Gasteiger partial charge in [-0.15, -0.1) is 0 Å². The lowest BCUT2D eigenvalue weighted by Crippen LogP contribution is -1.89. The summed E-state index contributed by atoms with van der Waals surface area (Å²) in [6.45, 7) is 0. The van der Waals surface area contributed by atoms with Gasteiger partial charge in [-0.2, -0.15) is 0 Å². The van der Waals surface area contributed by atoms with Crippen LogP contribution in [0.5, 0.6) is 11.5 Å². The molecule has 0 saturated heterocycles. The van der Waals surface area contributed by atoms with Crippen molar-refractivity contribution in [1.29, 1.82) is 0 Å². The van der Waals surface area contributed by atoms with Crippen LogP contribution >= 0.6 is 0 Å². The summed E-state index contributed by atoms with van der Waals surface area (Å²) in [5.41, 5.74) is 3.39. The van der Waals surface area contributed by atoms with Gasteiger partial charge in [0.15, 0.2) is 0 Å². The molecule has 0 aliphatic rings. The molecule has 0 radical (unpaired) electrons. The van der Waals surface area contributed by atoms with Crippen molar-refractivity contribution in [3.63, 3.8) is 0 Å². The van der Waals surface area contributed by atoms with Crippen LogP contribution in [-0.2, 0) is 6.42 Å². The fourth-order valence-corrected chi connectivity index (χ4v) is 2.31. The van der Waals surface area contributed by atoms with Crippen LogP contribution in [-0.4, -0.2) is 17.2 Å². The van der Waals surface area contributed by atoms with E-state index in [0.717, 1.165) is 23.1 Å². The number of rotatable bonds is 3. The molecule has 3 heteroatoms. The average molecular weight is 253 g/mol. The molecule has 0 bridgehead atoms. The number of hydrogen-bond acceptors (Lipinski definition) is 2. The third-order valence-corrected chi connectivity index (χ3v) is 3.28. The number of ether oxygens (including phenoxy) is 1. The summed E-state index contributed by atoms with van der Waals surface area (Å²) in [7, 11) is 1.67. The summed E-state index contributed by atoms with van der Waals surface area (Å²) < 4.78 is 5.23. The Morgan fingerprint density at radius 1 is 1.16 bits per heavy atom. The maximum atomic E-state index is 9.59. The molecule has 1 aromatic heterocycles. The number of aromatic amines is 1. The highest BCUT2D eigenvalue weighted by molar-refractivity contribution is 5.84. The third-order valence-electron chi connectivity index (χ3n) is 3.28. The number of hydrogen-bond donors (Lipinski definition) is 2. The second kappa shape index (κ2) is 4.69.